The van der Waals surface area contributed by atoms with E-state index in [-0.39, 0.29) is 5.92 Å². The molecule has 0 rings (SSSR count). The van der Waals surface area contributed by atoms with Gasteiger partial charge in [0.1, 0.15) is 6.29 Å². The van der Waals surface area contributed by atoms with Crippen LogP contribution in [0.15, 0.2) is 12.7 Å². The normalized spacial score (nSPS) is 18.5. The SMILES string of the molecule is C=CC[C@H](C)[C@H](C)[C@@H](C)C=O. The molecule has 0 aromatic rings. The van der Waals surface area contributed by atoms with Crippen molar-refractivity contribution < 1.29 is 4.79 Å². The molecule has 0 aliphatic heterocycles. The Labute approximate surface area is 69.5 Å². The van der Waals surface area contributed by atoms with E-state index in [1.54, 1.807) is 0 Å². The van der Waals surface area contributed by atoms with Crippen molar-refractivity contribution in [3.63, 3.8) is 0 Å². The molecule has 3 atom stereocenters. The van der Waals surface area contributed by atoms with Crippen LogP contribution in [0, 0.1) is 17.8 Å². The van der Waals surface area contributed by atoms with Gasteiger partial charge in [-0.05, 0) is 18.3 Å². The van der Waals surface area contributed by atoms with Gasteiger partial charge in [0, 0.05) is 5.92 Å². The minimum Gasteiger partial charge on any atom is -0.303 e. The van der Waals surface area contributed by atoms with Gasteiger partial charge in [0.2, 0.25) is 0 Å². The summed E-state index contributed by atoms with van der Waals surface area (Å²) in [5.74, 6) is 1.20. The van der Waals surface area contributed by atoms with Crippen molar-refractivity contribution in [3.05, 3.63) is 12.7 Å². The maximum atomic E-state index is 10.4. The Kier molecular flexibility index (Phi) is 4.84. The van der Waals surface area contributed by atoms with Gasteiger partial charge < -0.3 is 4.79 Å². The highest BCUT2D eigenvalue weighted by atomic mass is 16.1. The standard InChI is InChI=1S/C10H18O/c1-5-6-8(2)10(4)9(3)7-11/h5,7-10H,1,6H2,2-4H3/t8-,9-,10-/m0/s1. The lowest BCUT2D eigenvalue weighted by Crippen LogP contribution is -2.16. The molecule has 0 N–H and O–H groups in total. The Morgan fingerprint density at radius 3 is 2.27 bits per heavy atom. The molecule has 1 nitrogen and oxygen atoms in total. The Morgan fingerprint density at radius 1 is 1.36 bits per heavy atom. The zero-order chi connectivity index (χ0) is 8.85. The summed E-state index contributed by atoms with van der Waals surface area (Å²) in [6.07, 6.45) is 3.95. The maximum absolute atomic E-state index is 10.4. The molecule has 0 fully saturated rings. The van der Waals surface area contributed by atoms with E-state index in [1.165, 1.54) is 0 Å². The average Bonchev–Trinajstić information content (AvgIpc) is 2.02. The molecule has 11 heavy (non-hydrogen) atoms. The van der Waals surface area contributed by atoms with Gasteiger partial charge in [-0.2, -0.15) is 0 Å². The zero-order valence-electron chi connectivity index (χ0n) is 7.71. The summed E-state index contributed by atoms with van der Waals surface area (Å²) in [5.41, 5.74) is 0. The van der Waals surface area contributed by atoms with E-state index in [2.05, 4.69) is 20.4 Å². The first-order valence-electron chi connectivity index (χ1n) is 4.19. The molecule has 64 valence electrons. The molecule has 0 aliphatic carbocycles. The molecule has 0 saturated carbocycles. The Hall–Kier alpha value is -0.590. The van der Waals surface area contributed by atoms with Crippen LogP contribution in [-0.2, 0) is 4.79 Å². The van der Waals surface area contributed by atoms with Crippen molar-refractivity contribution in [2.75, 3.05) is 0 Å². The van der Waals surface area contributed by atoms with Crippen molar-refractivity contribution in [1.82, 2.24) is 0 Å². The van der Waals surface area contributed by atoms with Crippen molar-refractivity contribution in [2.24, 2.45) is 17.8 Å². The zero-order valence-corrected chi connectivity index (χ0v) is 7.71. The fourth-order valence-corrected chi connectivity index (χ4v) is 1.12. The molecule has 0 aromatic carbocycles. The van der Waals surface area contributed by atoms with Crippen LogP contribution in [0.3, 0.4) is 0 Å². The predicted molar refractivity (Wildman–Crippen MR) is 48.4 cm³/mol. The van der Waals surface area contributed by atoms with Gasteiger partial charge in [0.05, 0.1) is 0 Å². The van der Waals surface area contributed by atoms with Crippen molar-refractivity contribution in [3.8, 4) is 0 Å². The van der Waals surface area contributed by atoms with Gasteiger partial charge in [-0.25, -0.2) is 0 Å². The van der Waals surface area contributed by atoms with E-state index < -0.39 is 0 Å². The summed E-state index contributed by atoms with van der Waals surface area (Å²) in [7, 11) is 0. The fraction of sp³-hybridized carbons (Fsp3) is 0.700. The summed E-state index contributed by atoms with van der Waals surface area (Å²) in [6, 6.07) is 0. The smallest absolute Gasteiger partial charge is 0.123 e. The first-order chi connectivity index (χ1) is 5.13. The Balaban J connectivity index is 3.88. The number of carbonyl (C=O) groups excluding carboxylic acids is 1. The topological polar surface area (TPSA) is 17.1 Å². The molecule has 0 spiro atoms. The number of aldehydes is 1. The maximum Gasteiger partial charge on any atom is 0.123 e. The van der Waals surface area contributed by atoms with Crippen molar-refractivity contribution in [2.45, 2.75) is 27.2 Å². The summed E-state index contributed by atoms with van der Waals surface area (Å²) < 4.78 is 0. The molecule has 0 aromatic heterocycles. The molecule has 0 radical (unpaired) electrons. The van der Waals surface area contributed by atoms with E-state index >= 15 is 0 Å². The molecule has 0 amide bonds. The monoisotopic (exact) mass is 154 g/mol. The molecule has 1 heteroatoms. The predicted octanol–water partition coefficient (Wildman–Crippen LogP) is 2.67. The van der Waals surface area contributed by atoms with Crippen LogP contribution in [0.2, 0.25) is 0 Å². The lowest BCUT2D eigenvalue weighted by molar-refractivity contribution is -0.112. The quantitative estimate of drug-likeness (QED) is 0.439. The third-order valence-electron chi connectivity index (χ3n) is 2.48. The molecule has 0 saturated heterocycles. The first kappa shape index (κ1) is 10.4. The largest absolute Gasteiger partial charge is 0.303 e. The number of allylic oxidation sites excluding steroid dienone is 1. The molecular weight excluding hydrogens is 136 g/mol. The average molecular weight is 154 g/mol. The summed E-state index contributed by atoms with van der Waals surface area (Å²) in [4.78, 5) is 10.4. The van der Waals surface area contributed by atoms with Crippen LogP contribution in [0.25, 0.3) is 0 Å². The van der Waals surface area contributed by atoms with E-state index in [4.69, 9.17) is 0 Å². The third kappa shape index (κ3) is 3.35. The lowest BCUT2D eigenvalue weighted by Gasteiger charge is -2.20. The summed E-state index contributed by atoms with van der Waals surface area (Å²) in [5, 5.41) is 0. The van der Waals surface area contributed by atoms with Gasteiger partial charge in [-0.15, -0.1) is 6.58 Å². The Bertz CT molecular complexity index is 129. The van der Waals surface area contributed by atoms with E-state index in [9.17, 15) is 4.79 Å². The van der Waals surface area contributed by atoms with Crippen LogP contribution >= 0.6 is 0 Å². The van der Waals surface area contributed by atoms with Crippen LogP contribution in [0.4, 0.5) is 0 Å². The van der Waals surface area contributed by atoms with E-state index in [0.29, 0.717) is 11.8 Å². The highest BCUT2D eigenvalue weighted by Crippen LogP contribution is 2.21. The highest BCUT2D eigenvalue weighted by molar-refractivity contribution is 5.53. The second kappa shape index (κ2) is 5.11. The molecule has 0 aliphatic rings. The van der Waals surface area contributed by atoms with Crippen molar-refractivity contribution in [1.29, 1.82) is 0 Å². The molecular formula is C10H18O. The molecule has 0 bridgehead atoms. The molecule has 0 heterocycles. The lowest BCUT2D eigenvalue weighted by atomic mass is 9.84. The van der Waals surface area contributed by atoms with Gasteiger partial charge >= 0.3 is 0 Å². The van der Waals surface area contributed by atoms with Crippen LogP contribution in [0.5, 0.6) is 0 Å². The minimum atomic E-state index is 0.171. The number of rotatable bonds is 5. The third-order valence-corrected chi connectivity index (χ3v) is 2.48. The van der Waals surface area contributed by atoms with Gasteiger partial charge in [0.15, 0.2) is 0 Å². The van der Waals surface area contributed by atoms with Gasteiger partial charge in [-0.1, -0.05) is 26.8 Å². The number of hydrogen-bond acceptors (Lipinski definition) is 1. The number of hydrogen-bond donors (Lipinski definition) is 0. The fourth-order valence-electron chi connectivity index (χ4n) is 1.12. The summed E-state index contributed by atoms with van der Waals surface area (Å²) >= 11 is 0. The van der Waals surface area contributed by atoms with E-state index in [1.807, 2.05) is 13.0 Å². The van der Waals surface area contributed by atoms with Crippen LogP contribution in [-0.4, -0.2) is 6.29 Å². The van der Waals surface area contributed by atoms with E-state index in [0.717, 1.165) is 12.7 Å². The highest BCUT2D eigenvalue weighted by Gasteiger charge is 2.16. The summed E-state index contributed by atoms with van der Waals surface area (Å²) in [6.45, 7) is 9.93. The second-order valence-corrected chi connectivity index (χ2v) is 3.36. The van der Waals surface area contributed by atoms with Gasteiger partial charge in [0.25, 0.3) is 0 Å². The van der Waals surface area contributed by atoms with Crippen LogP contribution in [0.1, 0.15) is 27.2 Å². The number of carbonyl (C=O) groups is 1. The first-order valence-corrected chi connectivity index (χ1v) is 4.19. The van der Waals surface area contributed by atoms with Crippen molar-refractivity contribution >= 4 is 6.29 Å². The minimum absolute atomic E-state index is 0.171. The second-order valence-electron chi connectivity index (χ2n) is 3.36. The molecule has 0 unspecified atom stereocenters. The van der Waals surface area contributed by atoms with Gasteiger partial charge in [-0.3, -0.25) is 0 Å². The van der Waals surface area contributed by atoms with Crippen LogP contribution < -0.4 is 0 Å². The Morgan fingerprint density at radius 2 is 1.91 bits per heavy atom.